The molecule has 0 bridgehead atoms. The molecule has 0 spiro atoms. The Balaban J connectivity index is 0.000000119. The van der Waals surface area contributed by atoms with E-state index in [1.807, 2.05) is 24.3 Å². The molecular weight excluding hydrogens is 1760 g/mol. The third-order valence-corrected chi connectivity index (χ3v) is 28.9. The van der Waals surface area contributed by atoms with Crippen molar-refractivity contribution in [3.63, 3.8) is 0 Å². The van der Waals surface area contributed by atoms with Crippen molar-refractivity contribution in [1.82, 2.24) is 22.8 Å². The van der Waals surface area contributed by atoms with Crippen molar-refractivity contribution in [2.45, 2.75) is 216 Å². The summed E-state index contributed by atoms with van der Waals surface area (Å²) in [6, 6.07) is 140. The van der Waals surface area contributed by atoms with Gasteiger partial charge in [-0.3, -0.25) is 0 Å². The van der Waals surface area contributed by atoms with Gasteiger partial charge in [0.25, 0.3) is 0 Å². The molecule has 23 rings (SSSR count). The van der Waals surface area contributed by atoms with Gasteiger partial charge in [0.1, 0.15) is 0 Å². The number of hydrogen-bond donors (Lipinski definition) is 0. The maximum absolute atomic E-state index is 8.79. The Morgan fingerprint density at radius 2 is 0.404 bits per heavy atom. The van der Waals surface area contributed by atoms with Crippen LogP contribution in [-0.2, 0) is 43.3 Å². The van der Waals surface area contributed by atoms with Gasteiger partial charge in [-0.1, -0.05) is 493 Å². The molecular formula is C141H143N5. The number of para-hydroxylation sites is 11. The van der Waals surface area contributed by atoms with E-state index in [0.29, 0.717) is 11.1 Å². The lowest BCUT2D eigenvalue weighted by atomic mass is 9.74. The van der Waals surface area contributed by atoms with Crippen LogP contribution in [0.25, 0.3) is 171 Å². The van der Waals surface area contributed by atoms with E-state index >= 15 is 0 Å². The standard InChI is InChI=1S/C36H41N.C29H27N.C28H25N.C26H29N.C22H21N/c1-34(2,3)25-21-24(22-26(23-25)35(4,5)6)27-17-14-20-32(33(27)36(7,8)9)37-30-18-12-10-15-28(30)29-16-11-13-19-31(29)37;1-20-11-9-12-21(19-20)22-15-10-18-27(28(22)29(2,3)4)30-25-16-7-5-13-23(25)24-14-6-8-17-26(24)30;1-28(2,3)27-21(20-12-5-4-6-13-20)16-11-19-26(27)29-24-17-9-7-14-22(24)23-15-8-10-18-25(23)29;1-25(2,3)20-14-11-17-23(24(20)26(4,5)6)27-21-15-9-7-12-18(21)19-13-8-10-16-22(19)27;1-22(2,3)18-12-6-9-15-21(18)23-19-13-7-4-10-16(19)17-11-5-8-14-20(17)23/h10-23H,1-9H3;5-19H,1-4H3;4-19H,1-3H3;7-17H,1-6H3;4-15H,1-3H3/i;9D,11D,12D,19D;;;. The number of aromatic nitrogens is 5. The molecule has 5 heteroatoms. The van der Waals surface area contributed by atoms with Gasteiger partial charge in [-0.25, -0.2) is 0 Å². The van der Waals surface area contributed by atoms with Crippen molar-refractivity contribution >= 4 is 109 Å². The van der Waals surface area contributed by atoms with Crippen LogP contribution < -0.4 is 0 Å². The summed E-state index contributed by atoms with van der Waals surface area (Å²) < 4.78 is 46.0. The zero-order valence-electron chi connectivity index (χ0n) is 94.2. The molecule has 0 aliphatic carbocycles. The molecule has 23 aromatic rings. The maximum atomic E-state index is 8.79. The highest BCUT2D eigenvalue weighted by Gasteiger charge is 2.34. The first-order valence-corrected chi connectivity index (χ1v) is 52.1. The smallest absolute Gasteiger partial charge is 0.0632 e. The summed E-state index contributed by atoms with van der Waals surface area (Å²) in [5, 5.41) is 12.8. The SMILES string of the molecule is CC(C)(C)c1c(-c2ccccc2)cccc1-n1c2ccccc2c2ccccc21.CC(C)(C)c1cc(-c2cccc(-n3c4ccccc4c4ccccc43)c2C(C)(C)C)cc(C(C)(C)C)c1.CC(C)(C)c1cccc(-n2c3ccccc3c3ccccc32)c1C(C)(C)C.CC(C)(C)c1ccccc1-n1c2ccccc2c2ccccc21.[2H]c1c([2H])c(C)c([2H])c(-c2cccc(-n3c4ccccc4c4ccccc43)c2C(C)(C)C)c1[2H]. The van der Waals surface area contributed by atoms with Crippen molar-refractivity contribution in [3.05, 3.63) is 462 Å². The van der Waals surface area contributed by atoms with E-state index in [4.69, 9.17) is 5.48 Å². The van der Waals surface area contributed by atoms with Crippen molar-refractivity contribution in [1.29, 1.82) is 0 Å². The molecule has 18 aromatic carbocycles. The Hall–Kier alpha value is -15.0. The Kier molecular flexibility index (Phi) is 25.1. The van der Waals surface area contributed by atoms with Gasteiger partial charge in [-0.2, -0.15) is 0 Å². The molecule has 0 unspecified atom stereocenters. The van der Waals surface area contributed by atoms with Crippen LogP contribution in [0.15, 0.2) is 412 Å². The molecule has 0 aliphatic heterocycles. The number of nitrogens with zero attached hydrogens (tertiary/aromatic N) is 5. The topological polar surface area (TPSA) is 24.6 Å². The summed E-state index contributed by atoms with van der Waals surface area (Å²) in [6.07, 6.45) is 0. The lowest BCUT2D eigenvalue weighted by molar-refractivity contribution is 0.528. The quantitative estimate of drug-likeness (QED) is 0.145. The number of hydrogen-bond acceptors (Lipinski definition) is 0. The second kappa shape index (κ2) is 38.8. The Morgan fingerprint density at radius 3 is 0.685 bits per heavy atom. The highest BCUT2D eigenvalue weighted by molar-refractivity contribution is 6.14. The van der Waals surface area contributed by atoms with Gasteiger partial charge in [0.2, 0.25) is 0 Å². The molecule has 732 valence electrons. The summed E-state index contributed by atoms with van der Waals surface area (Å²) in [7, 11) is 0. The zero-order chi connectivity index (χ0) is 107. The van der Waals surface area contributed by atoms with Gasteiger partial charge < -0.3 is 22.8 Å². The van der Waals surface area contributed by atoms with Crippen LogP contribution in [-0.4, -0.2) is 22.8 Å². The van der Waals surface area contributed by atoms with Crippen molar-refractivity contribution in [2.24, 2.45) is 0 Å². The van der Waals surface area contributed by atoms with Gasteiger partial charge in [0, 0.05) is 59.5 Å². The molecule has 0 saturated carbocycles. The Labute approximate surface area is 872 Å². The van der Waals surface area contributed by atoms with E-state index in [-0.39, 0.29) is 67.5 Å². The minimum Gasteiger partial charge on any atom is -0.309 e. The first-order valence-electron chi connectivity index (χ1n) is 54.1. The van der Waals surface area contributed by atoms with Crippen molar-refractivity contribution < 1.29 is 5.48 Å². The van der Waals surface area contributed by atoms with Gasteiger partial charge in [0.15, 0.2) is 0 Å². The molecule has 0 radical (unpaired) electrons. The minimum atomic E-state index is -0.312. The van der Waals surface area contributed by atoms with Gasteiger partial charge in [0.05, 0.1) is 83.4 Å². The molecule has 5 heterocycles. The molecule has 146 heavy (non-hydrogen) atoms. The van der Waals surface area contributed by atoms with Gasteiger partial charge in [-0.15, -0.1) is 0 Å². The second-order valence-electron chi connectivity index (χ2n) is 47.8. The normalized spacial score (nSPS) is 12.8. The Morgan fingerprint density at radius 1 is 0.178 bits per heavy atom. The number of benzene rings is 18. The van der Waals surface area contributed by atoms with E-state index in [1.54, 1.807) is 6.92 Å². The summed E-state index contributed by atoms with van der Waals surface area (Å²) in [5.74, 6) is 0. The first-order chi connectivity index (χ1) is 71.2. The summed E-state index contributed by atoms with van der Waals surface area (Å²) >= 11 is 0. The average Bonchev–Trinajstić information content (AvgIpc) is 1.48. The van der Waals surface area contributed by atoms with Gasteiger partial charge >= 0.3 is 0 Å². The highest BCUT2D eigenvalue weighted by atomic mass is 15.0. The lowest BCUT2D eigenvalue weighted by Gasteiger charge is -2.33. The third kappa shape index (κ3) is 19.2. The summed E-state index contributed by atoms with van der Waals surface area (Å²) in [6.45, 7) is 56.8. The van der Waals surface area contributed by atoms with E-state index in [0.717, 1.165) is 27.8 Å². The third-order valence-electron chi connectivity index (χ3n) is 28.9. The molecule has 5 nitrogen and oxygen atoms in total. The summed E-state index contributed by atoms with van der Waals surface area (Å²) in [5.41, 5.74) is 36.0. The molecule has 0 aliphatic rings. The zero-order valence-corrected chi connectivity index (χ0v) is 90.2. The largest absolute Gasteiger partial charge is 0.309 e. The van der Waals surface area contributed by atoms with Crippen molar-refractivity contribution in [2.75, 3.05) is 0 Å². The van der Waals surface area contributed by atoms with Crippen LogP contribution in [0.3, 0.4) is 0 Å². The summed E-state index contributed by atoms with van der Waals surface area (Å²) in [4.78, 5) is 0. The fourth-order valence-corrected chi connectivity index (χ4v) is 22.4. The minimum absolute atomic E-state index is 0.00571. The predicted molar refractivity (Wildman–Crippen MR) is 635 cm³/mol. The van der Waals surface area contributed by atoms with Crippen LogP contribution in [0.4, 0.5) is 0 Å². The first kappa shape index (κ1) is 94.5. The highest BCUT2D eigenvalue weighted by Crippen LogP contribution is 2.50. The molecule has 0 amide bonds. The molecule has 0 N–H and O–H groups in total. The van der Waals surface area contributed by atoms with Crippen LogP contribution in [0.2, 0.25) is 0 Å². The predicted octanol–water partition coefficient (Wildman–Crippen LogP) is 39.6. The van der Waals surface area contributed by atoms with Crippen LogP contribution in [0.5, 0.6) is 0 Å². The number of fused-ring (bicyclic) bond motifs is 15. The Bertz CT molecular complexity index is 8750. The monoisotopic (exact) mass is 1910 g/mol. The molecule has 5 aromatic heterocycles. The van der Waals surface area contributed by atoms with Crippen LogP contribution in [0, 0.1) is 6.92 Å². The average molecular weight is 1910 g/mol. The maximum Gasteiger partial charge on any atom is 0.0632 e. The van der Waals surface area contributed by atoms with Crippen molar-refractivity contribution in [3.8, 4) is 61.8 Å². The van der Waals surface area contributed by atoms with Gasteiger partial charge in [-0.05, 0) is 219 Å². The fraction of sp³-hybridized carbons (Fsp3) is 0.234. The second-order valence-corrected chi connectivity index (χ2v) is 47.8. The van der Waals surface area contributed by atoms with E-state index in [9.17, 15) is 0 Å². The number of rotatable bonds is 8. The molecule has 0 fully saturated rings. The van der Waals surface area contributed by atoms with E-state index in [2.05, 4.69) is 553 Å². The van der Waals surface area contributed by atoms with E-state index in [1.165, 1.54) is 182 Å². The van der Waals surface area contributed by atoms with Crippen LogP contribution >= 0.6 is 0 Å². The lowest BCUT2D eigenvalue weighted by Crippen LogP contribution is -2.24. The fourth-order valence-electron chi connectivity index (χ4n) is 22.4. The van der Waals surface area contributed by atoms with E-state index < -0.39 is 0 Å². The van der Waals surface area contributed by atoms with Crippen LogP contribution in [0.1, 0.15) is 222 Å². The molecule has 0 atom stereocenters. The molecule has 0 saturated heterocycles.